The van der Waals surface area contributed by atoms with Crippen molar-refractivity contribution in [2.24, 2.45) is 0 Å². The Morgan fingerprint density at radius 1 is 1.05 bits per heavy atom. The Morgan fingerprint density at radius 2 is 1.62 bits per heavy atom. The number of carboxylic acid groups (broad SMARTS) is 1. The van der Waals surface area contributed by atoms with E-state index in [4.69, 9.17) is 5.73 Å². The van der Waals surface area contributed by atoms with E-state index in [9.17, 15) is 9.90 Å². The fourth-order valence-corrected chi connectivity index (χ4v) is 2.67. The molecule has 110 valence electrons. The molecular weight excluding hydrogens is 266 g/mol. The third kappa shape index (κ3) is 3.56. The van der Waals surface area contributed by atoms with Crippen molar-refractivity contribution in [1.82, 2.24) is 9.97 Å². The SMILES string of the molecule is Nc1ncccn1.O=C(O)C1(c2ccccc2)CCCC1. The van der Waals surface area contributed by atoms with Crippen molar-refractivity contribution < 1.29 is 9.90 Å². The van der Waals surface area contributed by atoms with Crippen LogP contribution in [0.1, 0.15) is 31.2 Å². The molecule has 2 aromatic rings. The number of hydrogen-bond donors (Lipinski definition) is 2. The van der Waals surface area contributed by atoms with Crippen LogP contribution in [-0.4, -0.2) is 21.0 Å². The summed E-state index contributed by atoms with van der Waals surface area (Å²) in [6.45, 7) is 0. The maximum atomic E-state index is 11.3. The first-order valence-corrected chi connectivity index (χ1v) is 6.96. The van der Waals surface area contributed by atoms with Crippen LogP contribution in [0, 0.1) is 0 Å². The second-order valence-electron chi connectivity index (χ2n) is 5.07. The number of aliphatic carboxylic acids is 1. The maximum absolute atomic E-state index is 11.3. The predicted octanol–water partition coefficient (Wildman–Crippen LogP) is 2.64. The van der Waals surface area contributed by atoms with Crippen molar-refractivity contribution in [3.05, 3.63) is 54.4 Å². The lowest BCUT2D eigenvalue weighted by Crippen LogP contribution is -2.32. The van der Waals surface area contributed by atoms with Gasteiger partial charge in [-0.05, 0) is 24.5 Å². The zero-order valence-corrected chi connectivity index (χ0v) is 11.8. The molecule has 0 aliphatic heterocycles. The van der Waals surface area contributed by atoms with Crippen LogP contribution in [0.3, 0.4) is 0 Å². The minimum Gasteiger partial charge on any atom is -0.481 e. The summed E-state index contributed by atoms with van der Waals surface area (Å²) < 4.78 is 0. The number of hydrogen-bond acceptors (Lipinski definition) is 4. The van der Waals surface area contributed by atoms with Gasteiger partial charge in [0, 0.05) is 12.4 Å². The lowest BCUT2D eigenvalue weighted by atomic mass is 9.79. The number of nitrogen functional groups attached to an aromatic ring is 1. The first kappa shape index (κ1) is 15.0. The Balaban J connectivity index is 0.000000194. The zero-order valence-electron chi connectivity index (χ0n) is 11.8. The van der Waals surface area contributed by atoms with E-state index < -0.39 is 11.4 Å². The molecule has 0 atom stereocenters. The molecule has 0 amide bonds. The second kappa shape index (κ2) is 6.83. The number of carboxylic acids is 1. The van der Waals surface area contributed by atoms with Gasteiger partial charge in [-0.3, -0.25) is 4.79 Å². The number of aromatic nitrogens is 2. The topological polar surface area (TPSA) is 89.1 Å². The van der Waals surface area contributed by atoms with Gasteiger partial charge in [-0.25, -0.2) is 9.97 Å². The van der Waals surface area contributed by atoms with Crippen LogP contribution >= 0.6 is 0 Å². The summed E-state index contributed by atoms with van der Waals surface area (Å²) in [5.41, 5.74) is 5.50. The van der Waals surface area contributed by atoms with Crippen molar-refractivity contribution in [2.45, 2.75) is 31.1 Å². The van der Waals surface area contributed by atoms with Gasteiger partial charge in [0.2, 0.25) is 5.95 Å². The molecule has 5 heteroatoms. The summed E-state index contributed by atoms with van der Waals surface area (Å²) in [5, 5.41) is 9.32. The Kier molecular flexibility index (Phi) is 4.87. The molecule has 1 saturated carbocycles. The summed E-state index contributed by atoms with van der Waals surface area (Å²) in [5.74, 6) is -0.344. The van der Waals surface area contributed by atoms with Gasteiger partial charge < -0.3 is 10.8 Å². The number of benzene rings is 1. The van der Waals surface area contributed by atoms with E-state index in [0.29, 0.717) is 5.95 Å². The molecule has 1 fully saturated rings. The molecule has 0 saturated heterocycles. The number of nitrogens with two attached hydrogens (primary N) is 1. The molecule has 3 rings (SSSR count). The highest BCUT2D eigenvalue weighted by atomic mass is 16.4. The van der Waals surface area contributed by atoms with E-state index in [0.717, 1.165) is 31.2 Å². The third-order valence-corrected chi connectivity index (χ3v) is 3.78. The van der Waals surface area contributed by atoms with Gasteiger partial charge in [-0.2, -0.15) is 0 Å². The average molecular weight is 285 g/mol. The smallest absolute Gasteiger partial charge is 0.314 e. The Hall–Kier alpha value is -2.43. The quantitative estimate of drug-likeness (QED) is 0.885. The largest absolute Gasteiger partial charge is 0.481 e. The number of nitrogens with zero attached hydrogens (tertiary/aromatic N) is 2. The maximum Gasteiger partial charge on any atom is 0.314 e. The van der Waals surface area contributed by atoms with Crippen LogP contribution in [0.2, 0.25) is 0 Å². The molecule has 0 bridgehead atoms. The predicted molar refractivity (Wildman–Crippen MR) is 80.7 cm³/mol. The Bertz CT molecular complexity index is 567. The summed E-state index contributed by atoms with van der Waals surface area (Å²) in [6.07, 6.45) is 6.83. The van der Waals surface area contributed by atoms with Crippen LogP contribution in [0.15, 0.2) is 48.8 Å². The van der Waals surface area contributed by atoms with Crippen LogP contribution in [0.25, 0.3) is 0 Å². The highest BCUT2D eigenvalue weighted by Crippen LogP contribution is 2.41. The first-order valence-electron chi connectivity index (χ1n) is 6.96. The minimum atomic E-state index is -0.666. The molecule has 1 aliphatic rings. The average Bonchev–Trinajstić information content (AvgIpc) is 3.01. The number of anilines is 1. The molecular formula is C16H19N3O2. The minimum absolute atomic E-state index is 0.322. The van der Waals surface area contributed by atoms with Crippen LogP contribution in [0.4, 0.5) is 5.95 Å². The van der Waals surface area contributed by atoms with E-state index in [1.807, 2.05) is 30.3 Å². The second-order valence-corrected chi connectivity index (χ2v) is 5.07. The van der Waals surface area contributed by atoms with Crippen LogP contribution in [-0.2, 0) is 10.2 Å². The van der Waals surface area contributed by atoms with Gasteiger partial charge in [0.05, 0.1) is 5.41 Å². The lowest BCUT2D eigenvalue weighted by Gasteiger charge is -2.24. The van der Waals surface area contributed by atoms with E-state index in [1.54, 1.807) is 18.5 Å². The van der Waals surface area contributed by atoms with Gasteiger partial charge in [0.15, 0.2) is 0 Å². The molecule has 1 aliphatic carbocycles. The first-order chi connectivity index (χ1) is 10.1. The lowest BCUT2D eigenvalue weighted by molar-refractivity contribution is -0.143. The van der Waals surface area contributed by atoms with Crippen LogP contribution in [0.5, 0.6) is 0 Å². The van der Waals surface area contributed by atoms with Crippen molar-refractivity contribution >= 4 is 11.9 Å². The van der Waals surface area contributed by atoms with Crippen molar-refractivity contribution in [1.29, 1.82) is 0 Å². The van der Waals surface area contributed by atoms with E-state index in [-0.39, 0.29) is 0 Å². The zero-order chi connectivity index (χ0) is 15.1. The molecule has 1 aromatic carbocycles. The molecule has 0 radical (unpaired) electrons. The molecule has 0 unspecified atom stereocenters. The van der Waals surface area contributed by atoms with Crippen LogP contribution < -0.4 is 5.73 Å². The number of rotatable bonds is 2. The number of carbonyl (C=O) groups is 1. The monoisotopic (exact) mass is 285 g/mol. The Morgan fingerprint density at radius 3 is 2.05 bits per heavy atom. The van der Waals surface area contributed by atoms with Gasteiger partial charge in [-0.15, -0.1) is 0 Å². The third-order valence-electron chi connectivity index (χ3n) is 3.78. The fraction of sp³-hybridized carbons (Fsp3) is 0.312. The van der Waals surface area contributed by atoms with Gasteiger partial charge >= 0.3 is 5.97 Å². The highest BCUT2D eigenvalue weighted by molar-refractivity contribution is 5.81. The van der Waals surface area contributed by atoms with E-state index in [2.05, 4.69) is 9.97 Å². The van der Waals surface area contributed by atoms with Crippen molar-refractivity contribution in [3.8, 4) is 0 Å². The summed E-state index contributed by atoms with van der Waals surface area (Å²) >= 11 is 0. The highest BCUT2D eigenvalue weighted by Gasteiger charge is 2.42. The molecule has 3 N–H and O–H groups in total. The van der Waals surface area contributed by atoms with Gasteiger partial charge in [0.1, 0.15) is 0 Å². The van der Waals surface area contributed by atoms with E-state index in [1.165, 1.54) is 0 Å². The summed E-state index contributed by atoms with van der Waals surface area (Å²) in [7, 11) is 0. The molecule has 1 aromatic heterocycles. The molecule has 1 heterocycles. The Labute approximate surface area is 123 Å². The molecule has 21 heavy (non-hydrogen) atoms. The summed E-state index contributed by atoms with van der Waals surface area (Å²) in [6, 6.07) is 11.3. The van der Waals surface area contributed by atoms with Crippen molar-refractivity contribution in [2.75, 3.05) is 5.73 Å². The standard InChI is InChI=1S/C12H14O2.C4H5N3/c13-11(14)12(8-4-5-9-12)10-6-2-1-3-7-10;5-4-6-2-1-3-7-4/h1-3,6-7H,4-5,8-9H2,(H,13,14);1-3H,(H2,5,6,7). The summed E-state index contributed by atoms with van der Waals surface area (Å²) in [4.78, 5) is 18.6. The van der Waals surface area contributed by atoms with E-state index >= 15 is 0 Å². The normalized spacial score (nSPS) is 15.8. The molecule has 5 nitrogen and oxygen atoms in total. The van der Waals surface area contributed by atoms with Crippen molar-refractivity contribution in [3.63, 3.8) is 0 Å². The van der Waals surface area contributed by atoms with Gasteiger partial charge in [0.25, 0.3) is 0 Å². The fourth-order valence-electron chi connectivity index (χ4n) is 2.67. The van der Waals surface area contributed by atoms with Gasteiger partial charge in [-0.1, -0.05) is 43.2 Å². The molecule has 0 spiro atoms.